The van der Waals surface area contributed by atoms with Crippen LogP contribution in [0.5, 0.6) is 5.88 Å². The Bertz CT molecular complexity index is 2040. The molecule has 3 aliphatic rings. The minimum atomic E-state index is -0.453. The number of imidazole rings is 1. The van der Waals surface area contributed by atoms with Crippen molar-refractivity contribution < 1.29 is 23.4 Å². The number of carbonyl (C=O) groups is 1. The van der Waals surface area contributed by atoms with Gasteiger partial charge in [-0.3, -0.25) is 9.69 Å². The third kappa shape index (κ3) is 9.20. The molecule has 55 heavy (non-hydrogen) atoms. The molecule has 1 N–H and O–H groups in total. The van der Waals surface area contributed by atoms with Crippen molar-refractivity contribution >= 4 is 16.9 Å². The molecule has 2 atom stereocenters. The van der Waals surface area contributed by atoms with Crippen LogP contribution in [-0.4, -0.2) is 68.9 Å². The molecule has 2 aromatic heterocycles. The molecule has 1 amide bonds. The number of carbonyl (C=O) groups excluding carboxylic acids is 1. The van der Waals surface area contributed by atoms with Gasteiger partial charge in [-0.1, -0.05) is 25.5 Å². The third-order valence-electron chi connectivity index (χ3n) is 11.7. The van der Waals surface area contributed by atoms with Crippen molar-refractivity contribution in [3.8, 4) is 11.9 Å². The molecular formula is C44H55FN6O4. The summed E-state index contributed by atoms with van der Waals surface area (Å²) in [5.41, 5.74) is 3.83. The minimum absolute atomic E-state index is 0.0513. The van der Waals surface area contributed by atoms with Crippen LogP contribution in [0, 0.1) is 22.6 Å². The zero-order valence-electron chi connectivity index (χ0n) is 33.0. The molecule has 3 fully saturated rings. The van der Waals surface area contributed by atoms with Gasteiger partial charge >= 0.3 is 0 Å². The highest BCUT2D eigenvalue weighted by molar-refractivity contribution is 5.97. The number of amides is 1. The number of likely N-dealkylation sites (tertiary alicyclic amines) is 1. The normalized spacial score (nSPS) is 19.6. The van der Waals surface area contributed by atoms with E-state index in [1.165, 1.54) is 6.07 Å². The molecule has 4 aromatic rings. The standard InChI is InChI=1S/C44H55FN6O4/c1-6-16-43(4,5)55-20-18-42(2,3)49-41(52)31-12-13-37-38(22-31)51(25-34-15-19-53-34)39(47-37)26-50-28-44(29-50)17-14-32(23-44)36-8-7-9-40(48-36)54-27-33-11-10-30(24-46)21-35(33)45/h7-13,21-22,32,34H,6,14-20,23,25-29H2,1-5H3,(H,49,52)/t32?,34-/m0/s1. The molecule has 1 spiro atoms. The predicted molar refractivity (Wildman–Crippen MR) is 209 cm³/mol. The first-order valence-corrected chi connectivity index (χ1v) is 19.9. The molecular weight excluding hydrogens is 696 g/mol. The molecule has 1 aliphatic carbocycles. The van der Waals surface area contributed by atoms with Crippen molar-refractivity contribution in [1.82, 2.24) is 24.8 Å². The van der Waals surface area contributed by atoms with Crippen molar-refractivity contribution in [3.05, 3.63) is 88.6 Å². The van der Waals surface area contributed by atoms with Gasteiger partial charge in [-0.05, 0) is 108 Å². The smallest absolute Gasteiger partial charge is 0.251 e. The monoisotopic (exact) mass is 750 g/mol. The lowest BCUT2D eigenvalue weighted by atomic mass is 9.77. The van der Waals surface area contributed by atoms with Gasteiger partial charge in [0.05, 0.1) is 47.5 Å². The molecule has 7 rings (SSSR count). The fourth-order valence-corrected chi connectivity index (χ4v) is 8.55. The zero-order valence-corrected chi connectivity index (χ0v) is 33.0. The molecule has 2 saturated heterocycles. The van der Waals surface area contributed by atoms with Crippen LogP contribution in [0.3, 0.4) is 0 Å². The van der Waals surface area contributed by atoms with Crippen molar-refractivity contribution in [2.75, 3.05) is 26.3 Å². The second kappa shape index (κ2) is 16.0. The van der Waals surface area contributed by atoms with E-state index in [0.29, 0.717) is 36.0 Å². The average Bonchev–Trinajstić information content (AvgIpc) is 3.70. The summed E-state index contributed by atoms with van der Waals surface area (Å²) in [4.78, 5) is 26.0. The quantitative estimate of drug-likeness (QED) is 0.122. The summed E-state index contributed by atoms with van der Waals surface area (Å²) >= 11 is 0. The van der Waals surface area contributed by atoms with Gasteiger partial charge in [-0.25, -0.2) is 14.4 Å². The Balaban J connectivity index is 0.970. The number of nitrogens with zero attached hydrogens (tertiary/aromatic N) is 5. The van der Waals surface area contributed by atoms with E-state index in [-0.39, 0.29) is 35.2 Å². The number of pyridine rings is 1. The molecule has 11 heteroatoms. The van der Waals surface area contributed by atoms with E-state index in [4.69, 9.17) is 29.4 Å². The first kappa shape index (κ1) is 38.9. The predicted octanol–water partition coefficient (Wildman–Crippen LogP) is 8.07. The van der Waals surface area contributed by atoms with Gasteiger partial charge in [0.15, 0.2) is 0 Å². The van der Waals surface area contributed by atoms with Crippen molar-refractivity contribution in [1.29, 1.82) is 5.26 Å². The Morgan fingerprint density at radius 1 is 1.09 bits per heavy atom. The summed E-state index contributed by atoms with van der Waals surface area (Å²) in [7, 11) is 0. The molecule has 10 nitrogen and oxygen atoms in total. The van der Waals surface area contributed by atoms with E-state index in [2.05, 4.69) is 55.5 Å². The Labute approximate surface area is 324 Å². The Kier molecular flexibility index (Phi) is 11.3. The summed E-state index contributed by atoms with van der Waals surface area (Å²) in [5, 5.41) is 12.3. The Hall–Kier alpha value is -4.37. The largest absolute Gasteiger partial charge is 0.473 e. The van der Waals surface area contributed by atoms with Gasteiger partial charge in [-0.2, -0.15) is 5.26 Å². The van der Waals surface area contributed by atoms with Crippen molar-refractivity contribution in [2.24, 2.45) is 5.41 Å². The van der Waals surface area contributed by atoms with E-state index < -0.39 is 11.4 Å². The van der Waals surface area contributed by atoms with E-state index in [1.54, 1.807) is 12.1 Å². The number of rotatable bonds is 16. The second-order valence-electron chi connectivity index (χ2n) is 17.3. The van der Waals surface area contributed by atoms with Crippen LogP contribution in [0.1, 0.15) is 118 Å². The number of fused-ring (bicyclic) bond motifs is 1. The van der Waals surface area contributed by atoms with Gasteiger partial charge in [0.2, 0.25) is 5.88 Å². The molecule has 292 valence electrons. The van der Waals surface area contributed by atoms with E-state index in [0.717, 1.165) is 93.9 Å². The zero-order chi connectivity index (χ0) is 38.8. The number of nitriles is 1. The summed E-state index contributed by atoms with van der Waals surface area (Å²) in [6, 6.07) is 18.0. The maximum Gasteiger partial charge on any atom is 0.251 e. The summed E-state index contributed by atoms with van der Waals surface area (Å²) in [6.07, 6.45) is 7.23. The Morgan fingerprint density at radius 2 is 1.91 bits per heavy atom. The van der Waals surface area contributed by atoms with Gasteiger partial charge in [-0.15, -0.1) is 0 Å². The number of hydrogen-bond acceptors (Lipinski definition) is 8. The molecule has 0 bridgehead atoms. The van der Waals surface area contributed by atoms with Gasteiger partial charge in [0, 0.05) is 60.6 Å². The van der Waals surface area contributed by atoms with Crippen molar-refractivity contribution in [2.45, 2.75) is 122 Å². The molecule has 2 aliphatic heterocycles. The molecule has 4 heterocycles. The first-order valence-electron chi connectivity index (χ1n) is 19.9. The number of ether oxygens (including phenoxy) is 3. The number of benzene rings is 2. The Morgan fingerprint density at radius 3 is 2.64 bits per heavy atom. The van der Waals surface area contributed by atoms with Crippen LogP contribution in [0.15, 0.2) is 54.6 Å². The van der Waals surface area contributed by atoms with E-state index >= 15 is 0 Å². The van der Waals surface area contributed by atoms with Gasteiger partial charge < -0.3 is 24.1 Å². The molecule has 1 unspecified atom stereocenters. The van der Waals surface area contributed by atoms with E-state index in [1.807, 2.05) is 36.4 Å². The molecule has 2 aromatic carbocycles. The number of halogens is 1. The third-order valence-corrected chi connectivity index (χ3v) is 11.7. The highest BCUT2D eigenvalue weighted by Gasteiger charge is 2.48. The maximum absolute atomic E-state index is 14.4. The lowest BCUT2D eigenvalue weighted by molar-refractivity contribution is -0.0599. The fraction of sp³-hybridized carbons (Fsp3) is 0.545. The second-order valence-corrected chi connectivity index (χ2v) is 17.3. The molecule has 0 radical (unpaired) electrons. The maximum atomic E-state index is 14.4. The lowest BCUT2D eigenvalue weighted by Gasteiger charge is -2.48. The molecule has 1 saturated carbocycles. The van der Waals surface area contributed by atoms with Crippen LogP contribution in [0.4, 0.5) is 4.39 Å². The average molecular weight is 751 g/mol. The highest BCUT2D eigenvalue weighted by Crippen LogP contribution is 2.52. The van der Waals surface area contributed by atoms with Crippen LogP contribution in [0.2, 0.25) is 0 Å². The van der Waals surface area contributed by atoms with E-state index in [9.17, 15) is 9.18 Å². The highest BCUT2D eigenvalue weighted by atomic mass is 19.1. The van der Waals surface area contributed by atoms with Crippen LogP contribution < -0.4 is 10.1 Å². The first-order chi connectivity index (χ1) is 26.3. The lowest BCUT2D eigenvalue weighted by Crippen LogP contribution is -2.54. The minimum Gasteiger partial charge on any atom is -0.473 e. The van der Waals surface area contributed by atoms with Gasteiger partial charge in [0.25, 0.3) is 5.91 Å². The van der Waals surface area contributed by atoms with Crippen LogP contribution in [0.25, 0.3) is 11.0 Å². The number of aromatic nitrogens is 3. The summed E-state index contributed by atoms with van der Waals surface area (Å²) in [6.45, 7) is 15.4. The number of nitrogens with one attached hydrogen (secondary N) is 1. The summed E-state index contributed by atoms with van der Waals surface area (Å²) < 4.78 is 34.6. The SMILES string of the molecule is CCCC(C)(C)OCCC(C)(C)NC(=O)c1ccc2nc(CN3CC4(CCC(c5cccc(OCc6ccc(C#N)cc6F)n5)C4)C3)n(C[C@@H]3CCO3)c2c1. The van der Waals surface area contributed by atoms with Crippen LogP contribution in [-0.2, 0) is 29.2 Å². The van der Waals surface area contributed by atoms with Gasteiger partial charge in [0.1, 0.15) is 18.2 Å². The van der Waals surface area contributed by atoms with Crippen molar-refractivity contribution in [3.63, 3.8) is 0 Å². The van der Waals surface area contributed by atoms with Crippen LogP contribution >= 0.6 is 0 Å². The topological polar surface area (TPSA) is 115 Å². The number of hydrogen-bond donors (Lipinski definition) is 1. The fourth-order valence-electron chi connectivity index (χ4n) is 8.55. The summed E-state index contributed by atoms with van der Waals surface area (Å²) in [5.74, 6) is 1.27.